The second kappa shape index (κ2) is 6.49. The van der Waals surface area contributed by atoms with Gasteiger partial charge in [-0.1, -0.05) is 18.2 Å². The Morgan fingerprint density at radius 3 is 2.93 bits per heavy atom. The normalized spacial score (nSPS) is 16.4. The highest BCUT2D eigenvalue weighted by atomic mass is 19.1. The molecular formula is C22H21FN4O. The van der Waals surface area contributed by atoms with Gasteiger partial charge in [-0.3, -0.25) is 4.79 Å². The fourth-order valence-corrected chi connectivity index (χ4v) is 4.17. The molecule has 0 atom stereocenters. The van der Waals surface area contributed by atoms with Gasteiger partial charge in [0.2, 0.25) is 0 Å². The van der Waals surface area contributed by atoms with E-state index in [4.69, 9.17) is 0 Å². The Bertz CT molecular complexity index is 1120. The Morgan fingerprint density at radius 1 is 1.18 bits per heavy atom. The van der Waals surface area contributed by atoms with Crippen LogP contribution in [0.3, 0.4) is 0 Å². The molecule has 0 saturated carbocycles. The van der Waals surface area contributed by atoms with Crippen molar-refractivity contribution in [2.45, 2.75) is 6.42 Å². The summed E-state index contributed by atoms with van der Waals surface area (Å²) in [5, 5.41) is 3.10. The first-order valence-corrected chi connectivity index (χ1v) is 9.41. The summed E-state index contributed by atoms with van der Waals surface area (Å²) in [6.45, 7) is 1.82. The lowest BCUT2D eigenvalue weighted by molar-refractivity contribution is 0.0780. The lowest BCUT2D eigenvalue weighted by Crippen LogP contribution is -2.37. The zero-order chi connectivity index (χ0) is 19.3. The van der Waals surface area contributed by atoms with Gasteiger partial charge in [-0.05, 0) is 47.4 Å². The van der Waals surface area contributed by atoms with Crippen molar-refractivity contribution in [2.75, 3.05) is 26.7 Å². The fourth-order valence-electron chi connectivity index (χ4n) is 4.17. The van der Waals surface area contributed by atoms with Crippen LogP contribution in [-0.4, -0.2) is 47.5 Å². The number of nitrogens with one attached hydrogen (secondary N) is 2. The SMILES string of the molecule is CN1NCC2=C1CN(C(=O)c1cc(Cc3cccc4[nH]ccc34)ccc1F)C2. The van der Waals surface area contributed by atoms with Crippen LogP contribution >= 0.6 is 0 Å². The number of carbonyl (C=O) groups excluding carboxylic acids is 1. The first-order valence-electron chi connectivity index (χ1n) is 9.41. The number of halogens is 1. The van der Waals surface area contributed by atoms with Crippen molar-refractivity contribution in [2.24, 2.45) is 0 Å². The molecular weight excluding hydrogens is 355 g/mol. The van der Waals surface area contributed by atoms with Gasteiger partial charge in [-0.15, -0.1) is 0 Å². The maximum atomic E-state index is 14.5. The maximum absolute atomic E-state index is 14.5. The third kappa shape index (κ3) is 2.77. The first kappa shape index (κ1) is 17.0. The minimum atomic E-state index is -0.466. The Morgan fingerprint density at radius 2 is 2.07 bits per heavy atom. The van der Waals surface area contributed by atoms with Gasteiger partial charge in [0.05, 0.1) is 17.8 Å². The van der Waals surface area contributed by atoms with Crippen LogP contribution in [0.15, 0.2) is 59.9 Å². The van der Waals surface area contributed by atoms with E-state index < -0.39 is 5.82 Å². The fraction of sp³-hybridized carbons (Fsp3) is 0.227. The summed E-state index contributed by atoms with van der Waals surface area (Å²) in [4.78, 5) is 17.9. The monoisotopic (exact) mass is 376 g/mol. The van der Waals surface area contributed by atoms with Crippen molar-refractivity contribution < 1.29 is 9.18 Å². The van der Waals surface area contributed by atoms with Gasteiger partial charge in [0.1, 0.15) is 5.82 Å². The molecule has 1 aromatic heterocycles. The van der Waals surface area contributed by atoms with E-state index in [2.05, 4.69) is 16.5 Å². The molecule has 2 aliphatic rings. The molecule has 2 aromatic carbocycles. The summed E-state index contributed by atoms with van der Waals surface area (Å²) in [6.07, 6.45) is 2.57. The average Bonchev–Trinajstić information content (AvgIpc) is 3.41. The van der Waals surface area contributed by atoms with Crippen molar-refractivity contribution >= 4 is 16.8 Å². The molecule has 0 saturated heterocycles. The van der Waals surface area contributed by atoms with E-state index >= 15 is 0 Å². The molecule has 5 rings (SSSR count). The average molecular weight is 376 g/mol. The van der Waals surface area contributed by atoms with E-state index in [9.17, 15) is 9.18 Å². The molecule has 2 N–H and O–H groups in total. The molecule has 3 heterocycles. The molecule has 0 unspecified atom stereocenters. The number of carbonyl (C=O) groups is 1. The largest absolute Gasteiger partial charge is 0.361 e. The lowest BCUT2D eigenvalue weighted by atomic mass is 9.99. The number of H-pyrrole nitrogens is 1. The quantitative estimate of drug-likeness (QED) is 0.739. The van der Waals surface area contributed by atoms with Gasteiger partial charge < -0.3 is 14.9 Å². The standard InChI is InChI=1S/C22H21FN4O/c1-26-21-13-27(12-16(21)11-25-26)22(28)18-10-14(5-6-19(18)23)9-15-3-2-4-20-17(15)7-8-24-20/h2-8,10,24-25H,9,11-13H2,1H3. The van der Waals surface area contributed by atoms with Crippen LogP contribution in [0.5, 0.6) is 0 Å². The van der Waals surface area contributed by atoms with E-state index in [0.717, 1.165) is 34.3 Å². The lowest BCUT2D eigenvalue weighted by Gasteiger charge is -2.22. The number of fused-ring (bicyclic) bond motifs is 1. The van der Waals surface area contributed by atoms with Crippen LogP contribution in [0.1, 0.15) is 21.5 Å². The highest BCUT2D eigenvalue weighted by Gasteiger charge is 2.32. The number of nitrogens with zero attached hydrogens (tertiary/aromatic N) is 2. The zero-order valence-corrected chi connectivity index (χ0v) is 15.6. The number of amides is 1. The highest BCUT2D eigenvalue weighted by molar-refractivity contribution is 5.95. The van der Waals surface area contributed by atoms with Crippen LogP contribution in [0.25, 0.3) is 10.9 Å². The number of aromatic nitrogens is 1. The van der Waals surface area contributed by atoms with Crippen molar-refractivity contribution in [3.8, 4) is 0 Å². The van der Waals surface area contributed by atoms with Crippen LogP contribution in [0.4, 0.5) is 4.39 Å². The third-order valence-corrected chi connectivity index (χ3v) is 5.69. The maximum Gasteiger partial charge on any atom is 0.257 e. The summed E-state index contributed by atoms with van der Waals surface area (Å²) in [5.41, 5.74) is 8.84. The number of hydrazine groups is 1. The number of aromatic amines is 1. The molecule has 0 spiro atoms. The zero-order valence-electron chi connectivity index (χ0n) is 15.6. The van der Waals surface area contributed by atoms with E-state index in [0.29, 0.717) is 19.5 Å². The van der Waals surface area contributed by atoms with E-state index in [1.807, 2.05) is 36.5 Å². The van der Waals surface area contributed by atoms with Gasteiger partial charge >= 0.3 is 0 Å². The van der Waals surface area contributed by atoms with Crippen molar-refractivity contribution in [3.05, 3.63) is 82.4 Å². The van der Waals surface area contributed by atoms with E-state index in [1.165, 1.54) is 11.6 Å². The molecule has 28 heavy (non-hydrogen) atoms. The molecule has 0 aliphatic carbocycles. The molecule has 142 valence electrons. The second-order valence-corrected chi connectivity index (χ2v) is 7.45. The van der Waals surface area contributed by atoms with Crippen LogP contribution < -0.4 is 5.43 Å². The summed E-state index contributed by atoms with van der Waals surface area (Å²) >= 11 is 0. The van der Waals surface area contributed by atoms with Gasteiger partial charge in [-0.2, -0.15) is 0 Å². The Labute approximate surface area is 162 Å². The highest BCUT2D eigenvalue weighted by Crippen LogP contribution is 2.26. The Balaban J connectivity index is 1.40. The molecule has 6 heteroatoms. The summed E-state index contributed by atoms with van der Waals surface area (Å²) in [6, 6.07) is 13.0. The molecule has 0 radical (unpaired) electrons. The number of hydrogen-bond acceptors (Lipinski definition) is 3. The Hall–Kier alpha value is -3.12. The van der Waals surface area contributed by atoms with Crippen LogP contribution in [-0.2, 0) is 6.42 Å². The third-order valence-electron chi connectivity index (χ3n) is 5.69. The van der Waals surface area contributed by atoms with Gasteiger partial charge in [-0.25, -0.2) is 9.82 Å². The minimum absolute atomic E-state index is 0.149. The smallest absolute Gasteiger partial charge is 0.257 e. The van der Waals surface area contributed by atoms with E-state index in [1.54, 1.807) is 17.0 Å². The van der Waals surface area contributed by atoms with Crippen LogP contribution in [0, 0.1) is 5.82 Å². The Kier molecular flexibility index (Phi) is 3.94. The number of rotatable bonds is 3. The van der Waals surface area contributed by atoms with Crippen molar-refractivity contribution in [1.82, 2.24) is 20.3 Å². The molecule has 5 nitrogen and oxygen atoms in total. The van der Waals surface area contributed by atoms with Gasteiger partial charge in [0.15, 0.2) is 0 Å². The minimum Gasteiger partial charge on any atom is -0.361 e. The van der Waals surface area contributed by atoms with Crippen molar-refractivity contribution in [1.29, 1.82) is 0 Å². The second-order valence-electron chi connectivity index (χ2n) is 7.45. The van der Waals surface area contributed by atoms with E-state index in [-0.39, 0.29) is 11.5 Å². The summed E-state index contributed by atoms with van der Waals surface area (Å²) in [7, 11) is 1.94. The first-order chi connectivity index (χ1) is 13.6. The number of hydrogen-bond donors (Lipinski definition) is 2. The molecule has 2 aliphatic heterocycles. The van der Waals surface area contributed by atoms with Crippen molar-refractivity contribution in [3.63, 3.8) is 0 Å². The molecule has 0 fully saturated rings. The number of likely N-dealkylation sites (N-methyl/N-ethyl adjacent to an activating group) is 1. The van der Waals surface area contributed by atoms with Gasteiger partial charge in [0.25, 0.3) is 5.91 Å². The molecule has 3 aromatic rings. The molecule has 1 amide bonds. The molecule has 0 bridgehead atoms. The summed E-state index contributed by atoms with van der Waals surface area (Å²) in [5.74, 6) is -0.714. The predicted octanol–water partition coefficient (Wildman–Crippen LogP) is 3.06. The summed E-state index contributed by atoms with van der Waals surface area (Å²) < 4.78 is 14.5. The predicted molar refractivity (Wildman–Crippen MR) is 106 cm³/mol. The number of benzene rings is 2. The van der Waals surface area contributed by atoms with Gasteiger partial charge in [0, 0.05) is 37.2 Å². The topological polar surface area (TPSA) is 51.4 Å². The van der Waals surface area contributed by atoms with Crippen LogP contribution in [0.2, 0.25) is 0 Å².